The number of phenolic OH excluding ortho intramolecular Hbond substituents is 1. The first kappa shape index (κ1) is 36.8. The largest absolute Gasteiger partial charge is 0.508 e. The summed E-state index contributed by atoms with van der Waals surface area (Å²) in [6, 6.07) is 33.7. The molecule has 2 fully saturated rings. The van der Waals surface area contributed by atoms with E-state index in [9.17, 15) is 29.6 Å². The SMILES string of the molecule is C=CCNC(=O)[C@@H]1[C@H]2C(=O)O[C@H](c3ccccc3)[C@H](c3ccccc3)N2[C@H](c2ccc(O)cc2)[C@@]12C(=O)N(C(=O)OCc1ccc([N+](=O)[O-])cc1)c1ccccc12. The van der Waals surface area contributed by atoms with E-state index in [0.29, 0.717) is 22.3 Å². The maximum absolute atomic E-state index is 15.8. The van der Waals surface area contributed by atoms with Gasteiger partial charge in [0, 0.05) is 18.7 Å². The number of hydrogen-bond acceptors (Lipinski definition) is 10. The van der Waals surface area contributed by atoms with Gasteiger partial charge < -0.3 is 19.9 Å². The smallest absolute Gasteiger partial charge is 0.421 e. The second-order valence-corrected chi connectivity index (χ2v) is 14.0. The monoisotopic (exact) mass is 764 g/mol. The predicted octanol–water partition coefficient (Wildman–Crippen LogP) is 6.60. The lowest BCUT2D eigenvalue weighted by Crippen LogP contribution is -2.55. The number of para-hydroxylation sites is 1. The summed E-state index contributed by atoms with van der Waals surface area (Å²) in [5.41, 5.74) is 0.729. The molecular weight excluding hydrogens is 729 g/mol. The van der Waals surface area contributed by atoms with Crippen molar-refractivity contribution in [2.24, 2.45) is 5.92 Å². The van der Waals surface area contributed by atoms with Gasteiger partial charge in [-0.05, 0) is 58.1 Å². The van der Waals surface area contributed by atoms with E-state index in [1.807, 2.05) is 65.6 Å². The number of hydrogen-bond donors (Lipinski definition) is 2. The lowest BCUT2D eigenvalue weighted by Gasteiger charge is -2.46. The van der Waals surface area contributed by atoms with E-state index in [1.54, 1.807) is 36.4 Å². The van der Waals surface area contributed by atoms with Crippen LogP contribution in [0.5, 0.6) is 5.75 Å². The average Bonchev–Trinajstić information content (AvgIpc) is 3.69. The Morgan fingerprint density at radius 2 is 1.47 bits per heavy atom. The standard InChI is InChI=1S/C44H36N4O9/c1-2-25-45-40(50)35-37-41(51)57-38(29-13-7-4-8-14-29)36(28-11-5-3-6-12-28)47(37)39(30-19-23-32(49)24-20-30)44(35)33-15-9-10-16-34(33)46(42(44)52)43(53)56-26-27-17-21-31(22-18-27)48(54)55/h2-24,35-39,49H,1,25-26H2,(H,45,50)/t35-,36-,37-,38+,39+,44-/m0/s1. The number of ether oxygens (including phenoxy) is 2. The van der Waals surface area contributed by atoms with Gasteiger partial charge in [-0.3, -0.25) is 29.4 Å². The third-order valence-electron chi connectivity index (χ3n) is 11.0. The van der Waals surface area contributed by atoms with Crippen molar-refractivity contribution in [3.63, 3.8) is 0 Å². The van der Waals surface area contributed by atoms with Crippen LogP contribution >= 0.6 is 0 Å². The second-order valence-electron chi connectivity index (χ2n) is 14.0. The van der Waals surface area contributed by atoms with Gasteiger partial charge in [-0.15, -0.1) is 6.58 Å². The number of anilines is 1. The Kier molecular flexibility index (Phi) is 9.59. The van der Waals surface area contributed by atoms with Gasteiger partial charge in [0.1, 0.15) is 29.9 Å². The number of carbonyl (C=O) groups is 4. The molecule has 0 radical (unpaired) electrons. The van der Waals surface area contributed by atoms with E-state index in [4.69, 9.17) is 9.47 Å². The van der Waals surface area contributed by atoms with Crippen molar-refractivity contribution in [3.05, 3.63) is 184 Å². The van der Waals surface area contributed by atoms with Crippen molar-refractivity contribution in [3.8, 4) is 5.75 Å². The second kappa shape index (κ2) is 14.8. The van der Waals surface area contributed by atoms with Crippen LogP contribution in [0.3, 0.4) is 0 Å². The van der Waals surface area contributed by atoms with Crippen LogP contribution in [0.1, 0.15) is 46.0 Å². The zero-order valence-corrected chi connectivity index (χ0v) is 30.3. The molecule has 3 amide bonds. The molecule has 0 unspecified atom stereocenters. The van der Waals surface area contributed by atoms with Gasteiger partial charge in [0.2, 0.25) is 11.8 Å². The highest BCUT2D eigenvalue weighted by molar-refractivity contribution is 6.23. The predicted molar refractivity (Wildman–Crippen MR) is 207 cm³/mol. The van der Waals surface area contributed by atoms with Crippen LogP contribution in [0.2, 0.25) is 0 Å². The summed E-state index contributed by atoms with van der Waals surface area (Å²) in [5, 5.41) is 24.5. The zero-order valence-electron chi connectivity index (χ0n) is 30.3. The molecule has 3 aliphatic rings. The fraction of sp³-hybridized carbons (Fsp3) is 0.182. The maximum atomic E-state index is 15.8. The van der Waals surface area contributed by atoms with Crippen LogP contribution in [0.4, 0.5) is 16.2 Å². The summed E-state index contributed by atoms with van der Waals surface area (Å²) in [4.78, 5) is 73.1. The highest BCUT2D eigenvalue weighted by atomic mass is 16.6. The Morgan fingerprint density at radius 3 is 2.12 bits per heavy atom. The number of aromatic hydroxyl groups is 1. The topological polar surface area (TPSA) is 169 Å². The van der Waals surface area contributed by atoms with Crippen molar-refractivity contribution in [2.45, 2.75) is 36.3 Å². The third-order valence-corrected chi connectivity index (χ3v) is 11.0. The number of fused-ring (bicyclic) bond motifs is 3. The molecule has 5 aromatic carbocycles. The number of cyclic esters (lactones) is 1. The van der Waals surface area contributed by atoms with Gasteiger partial charge >= 0.3 is 12.1 Å². The van der Waals surface area contributed by atoms with Crippen molar-refractivity contribution >= 4 is 35.3 Å². The fourth-order valence-electron chi connectivity index (χ4n) is 8.71. The summed E-state index contributed by atoms with van der Waals surface area (Å²) in [7, 11) is 0. The molecule has 57 heavy (non-hydrogen) atoms. The van der Waals surface area contributed by atoms with E-state index < -0.39 is 64.4 Å². The number of morpholine rings is 1. The summed E-state index contributed by atoms with van der Waals surface area (Å²) in [6.45, 7) is 3.44. The molecule has 286 valence electrons. The van der Waals surface area contributed by atoms with Crippen LogP contribution in [-0.2, 0) is 35.9 Å². The molecule has 6 atom stereocenters. The van der Waals surface area contributed by atoms with Crippen molar-refractivity contribution in [1.29, 1.82) is 0 Å². The molecule has 8 rings (SSSR count). The minimum Gasteiger partial charge on any atom is -0.508 e. The number of esters is 1. The third kappa shape index (κ3) is 6.08. The van der Waals surface area contributed by atoms with E-state index in [1.165, 1.54) is 42.5 Å². The van der Waals surface area contributed by atoms with Crippen LogP contribution in [0.25, 0.3) is 0 Å². The summed E-state index contributed by atoms with van der Waals surface area (Å²) in [5.74, 6) is -3.69. The molecule has 13 nitrogen and oxygen atoms in total. The normalized spacial score (nSPS) is 23.6. The van der Waals surface area contributed by atoms with E-state index >= 15 is 4.79 Å². The highest BCUT2D eigenvalue weighted by Crippen LogP contribution is 2.65. The molecule has 3 aliphatic heterocycles. The number of nitro groups is 1. The fourth-order valence-corrected chi connectivity index (χ4v) is 8.71. The molecule has 0 bridgehead atoms. The molecule has 1 spiro atoms. The maximum Gasteiger partial charge on any atom is 0.421 e. The van der Waals surface area contributed by atoms with E-state index in [2.05, 4.69) is 11.9 Å². The summed E-state index contributed by atoms with van der Waals surface area (Å²) < 4.78 is 12.1. The number of carbonyl (C=O) groups excluding carboxylic acids is 4. The van der Waals surface area contributed by atoms with Crippen LogP contribution in [0, 0.1) is 16.0 Å². The van der Waals surface area contributed by atoms with Gasteiger partial charge in [-0.1, -0.05) is 97.1 Å². The lowest BCUT2D eigenvalue weighted by molar-refractivity contribution is -0.384. The van der Waals surface area contributed by atoms with Crippen LogP contribution < -0.4 is 10.2 Å². The molecule has 0 aromatic heterocycles. The number of benzene rings is 5. The van der Waals surface area contributed by atoms with Gasteiger partial charge in [0.25, 0.3) is 5.69 Å². The number of amides is 3. The lowest BCUT2D eigenvalue weighted by atomic mass is 9.65. The molecule has 0 aliphatic carbocycles. The Labute approximate surface area is 326 Å². The van der Waals surface area contributed by atoms with Gasteiger partial charge in [0.05, 0.1) is 28.6 Å². The first-order valence-corrected chi connectivity index (χ1v) is 18.3. The molecular formula is C44H36N4O9. The Morgan fingerprint density at radius 1 is 0.842 bits per heavy atom. The van der Waals surface area contributed by atoms with Crippen molar-refractivity contribution < 1.29 is 38.7 Å². The van der Waals surface area contributed by atoms with Crippen molar-refractivity contribution in [1.82, 2.24) is 10.2 Å². The Bertz CT molecular complexity index is 2370. The molecule has 0 saturated carbocycles. The average molecular weight is 765 g/mol. The quantitative estimate of drug-likeness (QED) is 0.0722. The molecule has 5 aromatic rings. The first-order chi connectivity index (χ1) is 27.7. The summed E-state index contributed by atoms with van der Waals surface area (Å²) >= 11 is 0. The number of imide groups is 1. The van der Waals surface area contributed by atoms with E-state index in [-0.39, 0.29) is 30.3 Å². The van der Waals surface area contributed by atoms with Crippen LogP contribution in [-0.4, -0.2) is 51.4 Å². The van der Waals surface area contributed by atoms with Gasteiger partial charge in [-0.2, -0.15) is 0 Å². The zero-order chi connectivity index (χ0) is 39.8. The first-order valence-electron chi connectivity index (χ1n) is 18.3. The molecule has 3 heterocycles. The minimum atomic E-state index is -1.95. The van der Waals surface area contributed by atoms with Gasteiger partial charge in [0.15, 0.2) is 0 Å². The Balaban J connectivity index is 1.35. The molecule has 2 N–H and O–H groups in total. The van der Waals surface area contributed by atoms with Crippen LogP contribution in [0.15, 0.2) is 146 Å². The minimum absolute atomic E-state index is 0.0165. The molecule has 13 heteroatoms. The number of nitrogens with zero attached hydrogens (tertiary/aromatic N) is 3. The number of non-ortho nitro benzene ring substituents is 1. The number of nitro benzene ring substituents is 1. The highest BCUT2D eigenvalue weighted by Gasteiger charge is 2.75. The van der Waals surface area contributed by atoms with E-state index in [0.717, 1.165) is 10.5 Å². The number of nitrogens with one attached hydrogen (secondary N) is 1. The molecule has 2 saturated heterocycles. The van der Waals surface area contributed by atoms with Gasteiger partial charge in [-0.25, -0.2) is 9.69 Å². The van der Waals surface area contributed by atoms with Crippen molar-refractivity contribution in [2.75, 3.05) is 11.4 Å². The summed E-state index contributed by atoms with van der Waals surface area (Å²) in [6.07, 6.45) is -0.455. The number of rotatable bonds is 9. The Hall–Kier alpha value is -7.12. The number of phenols is 1.